The van der Waals surface area contributed by atoms with E-state index in [1.54, 1.807) is 0 Å². The van der Waals surface area contributed by atoms with Crippen LogP contribution in [0.3, 0.4) is 0 Å². The van der Waals surface area contributed by atoms with Gasteiger partial charge in [-0.05, 0) is 30.7 Å². The van der Waals surface area contributed by atoms with Crippen molar-refractivity contribution in [2.45, 2.75) is 19.3 Å². The van der Waals surface area contributed by atoms with Crippen molar-refractivity contribution in [2.75, 3.05) is 6.54 Å². The molecule has 0 aliphatic rings. The Bertz CT molecular complexity index is 525. The molecule has 2 rings (SSSR count). The van der Waals surface area contributed by atoms with Crippen LogP contribution in [0.25, 0.3) is 0 Å². The number of nitrogens with two attached hydrogens (primary N) is 1. The molecule has 0 saturated heterocycles. The molecule has 96 valence electrons. The molecule has 2 aromatic rings. The third-order valence-electron chi connectivity index (χ3n) is 2.54. The molecule has 3 N–H and O–H groups in total. The van der Waals surface area contributed by atoms with Gasteiger partial charge < -0.3 is 5.73 Å². The van der Waals surface area contributed by atoms with Gasteiger partial charge in [-0.1, -0.05) is 6.07 Å². The number of hydrogen-bond donors (Lipinski definition) is 2. The summed E-state index contributed by atoms with van der Waals surface area (Å²) in [7, 11) is 0. The van der Waals surface area contributed by atoms with Crippen molar-refractivity contribution >= 4 is 0 Å². The smallest absolute Gasteiger partial charge is 0.159 e. The number of nitrogens with zero attached hydrogens (tertiary/aromatic N) is 2. The standard InChI is InChI=1S/C12H14F2N4/c13-9-4-3-8(6-10(9)14)7-12-16-11(17-18-12)2-1-5-15/h3-4,6H,1-2,5,7,15H2,(H,16,17,18). The molecule has 0 radical (unpaired) electrons. The molecule has 0 spiro atoms. The summed E-state index contributed by atoms with van der Waals surface area (Å²) >= 11 is 0. The van der Waals surface area contributed by atoms with Crippen molar-refractivity contribution in [1.29, 1.82) is 0 Å². The van der Waals surface area contributed by atoms with E-state index >= 15 is 0 Å². The molecule has 1 aromatic carbocycles. The molecule has 4 nitrogen and oxygen atoms in total. The number of halogens is 2. The molecule has 0 bridgehead atoms. The van der Waals surface area contributed by atoms with Gasteiger partial charge in [0.15, 0.2) is 17.5 Å². The summed E-state index contributed by atoms with van der Waals surface area (Å²) in [6.07, 6.45) is 1.93. The van der Waals surface area contributed by atoms with E-state index < -0.39 is 11.6 Å². The molecule has 0 aliphatic heterocycles. The van der Waals surface area contributed by atoms with Crippen LogP contribution in [0.1, 0.15) is 23.6 Å². The number of hydrogen-bond acceptors (Lipinski definition) is 3. The van der Waals surface area contributed by atoms with Gasteiger partial charge in [-0.15, -0.1) is 0 Å². The Morgan fingerprint density at radius 2 is 2.06 bits per heavy atom. The highest BCUT2D eigenvalue weighted by molar-refractivity contribution is 5.21. The first-order chi connectivity index (χ1) is 8.69. The fraction of sp³-hybridized carbons (Fsp3) is 0.333. The summed E-state index contributed by atoms with van der Waals surface area (Å²) in [6, 6.07) is 3.80. The number of aryl methyl sites for hydroxylation is 1. The molecule has 1 heterocycles. The van der Waals surface area contributed by atoms with Crippen LogP contribution in [0.2, 0.25) is 0 Å². The molecular weight excluding hydrogens is 238 g/mol. The third-order valence-corrected chi connectivity index (χ3v) is 2.54. The van der Waals surface area contributed by atoms with E-state index in [0.717, 1.165) is 18.6 Å². The average molecular weight is 252 g/mol. The lowest BCUT2D eigenvalue weighted by Crippen LogP contribution is -2.01. The van der Waals surface area contributed by atoms with E-state index in [-0.39, 0.29) is 0 Å². The number of rotatable bonds is 5. The summed E-state index contributed by atoms with van der Waals surface area (Å²) in [5.41, 5.74) is 6.04. The quantitative estimate of drug-likeness (QED) is 0.848. The Morgan fingerprint density at radius 3 is 2.78 bits per heavy atom. The van der Waals surface area contributed by atoms with Crippen LogP contribution in [-0.2, 0) is 12.8 Å². The average Bonchev–Trinajstić information content (AvgIpc) is 2.79. The maximum Gasteiger partial charge on any atom is 0.159 e. The number of nitrogens with one attached hydrogen (secondary N) is 1. The Kier molecular flexibility index (Phi) is 3.99. The first-order valence-electron chi connectivity index (χ1n) is 5.73. The topological polar surface area (TPSA) is 67.6 Å². The molecule has 6 heteroatoms. The van der Waals surface area contributed by atoms with Crippen molar-refractivity contribution < 1.29 is 8.78 Å². The minimum atomic E-state index is -0.852. The fourth-order valence-corrected chi connectivity index (χ4v) is 1.63. The molecule has 0 aliphatic carbocycles. The maximum absolute atomic E-state index is 13.0. The highest BCUT2D eigenvalue weighted by atomic mass is 19.2. The summed E-state index contributed by atoms with van der Waals surface area (Å²) in [5, 5.41) is 6.81. The second-order valence-electron chi connectivity index (χ2n) is 4.02. The van der Waals surface area contributed by atoms with Crippen LogP contribution in [0.15, 0.2) is 18.2 Å². The monoisotopic (exact) mass is 252 g/mol. The Balaban J connectivity index is 2.04. The summed E-state index contributed by atoms with van der Waals surface area (Å²) in [6.45, 7) is 0.590. The number of H-pyrrole nitrogens is 1. The van der Waals surface area contributed by atoms with Gasteiger partial charge in [-0.2, -0.15) is 5.10 Å². The lowest BCUT2D eigenvalue weighted by atomic mass is 10.1. The van der Waals surface area contributed by atoms with E-state index in [1.807, 2.05) is 0 Å². The fourth-order valence-electron chi connectivity index (χ4n) is 1.63. The maximum atomic E-state index is 13.0. The normalized spacial score (nSPS) is 10.8. The predicted octanol–water partition coefficient (Wildman–Crippen LogP) is 1.56. The molecule has 0 atom stereocenters. The first-order valence-corrected chi connectivity index (χ1v) is 5.73. The van der Waals surface area contributed by atoms with Gasteiger partial charge in [0.2, 0.25) is 0 Å². The number of benzene rings is 1. The van der Waals surface area contributed by atoms with Gasteiger partial charge >= 0.3 is 0 Å². The second kappa shape index (κ2) is 5.68. The Labute approximate surface area is 103 Å². The minimum Gasteiger partial charge on any atom is -0.330 e. The molecule has 0 amide bonds. The number of aromatic amines is 1. The van der Waals surface area contributed by atoms with Crippen LogP contribution >= 0.6 is 0 Å². The highest BCUT2D eigenvalue weighted by Crippen LogP contribution is 2.11. The van der Waals surface area contributed by atoms with E-state index in [9.17, 15) is 8.78 Å². The van der Waals surface area contributed by atoms with E-state index in [4.69, 9.17) is 5.73 Å². The van der Waals surface area contributed by atoms with Crippen molar-refractivity contribution in [1.82, 2.24) is 15.2 Å². The Hall–Kier alpha value is -1.82. The lowest BCUT2D eigenvalue weighted by Gasteiger charge is -1.98. The molecule has 18 heavy (non-hydrogen) atoms. The zero-order valence-corrected chi connectivity index (χ0v) is 9.79. The molecule has 1 aromatic heterocycles. The lowest BCUT2D eigenvalue weighted by molar-refractivity contribution is 0.507. The van der Waals surface area contributed by atoms with Gasteiger partial charge in [0.1, 0.15) is 5.82 Å². The first kappa shape index (κ1) is 12.6. The summed E-state index contributed by atoms with van der Waals surface area (Å²) < 4.78 is 25.8. The van der Waals surface area contributed by atoms with E-state index in [0.29, 0.717) is 36.6 Å². The van der Waals surface area contributed by atoms with E-state index in [1.165, 1.54) is 6.07 Å². The summed E-state index contributed by atoms with van der Waals surface area (Å²) in [5.74, 6) is -0.374. The van der Waals surface area contributed by atoms with Gasteiger partial charge in [0, 0.05) is 12.8 Å². The van der Waals surface area contributed by atoms with Crippen molar-refractivity contribution in [3.05, 3.63) is 47.0 Å². The van der Waals surface area contributed by atoms with Crippen LogP contribution in [0.4, 0.5) is 8.78 Å². The second-order valence-corrected chi connectivity index (χ2v) is 4.02. The number of aromatic nitrogens is 3. The van der Waals surface area contributed by atoms with Gasteiger partial charge in [0.05, 0.1) is 0 Å². The zero-order valence-electron chi connectivity index (χ0n) is 9.79. The van der Waals surface area contributed by atoms with Gasteiger partial charge in [0.25, 0.3) is 0 Å². The molecule has 0 fully saturated rings. The van der Waals surface area contributed by atoms with Crippen LogP contribution in [0, 0.1) is 11.6 Å². The largest absolute Gasteiger partial charge is 0.330 e. The van der Waals surface area contributed by atoms with Gasteiger partial charge in [-0.3, -0.25) is 5.10 Å². The third kappa shape index (κ3) is 3.10. The highest BCUT2D eigenvalue weighted by Gasteiger charge is 2.07. The molecular formula is C12H14F2N4. The van der Waals surface area contributed by atoms with Crippen molar-refractivity contribution in [2.24, 2.45) is 5.73 Å². The van der Waals surface area contributed by atoms with Crippen LogP contribution in [0.5, 0.6) is 0 Å². The SMILES string of the molecule is NCCCc1n[nH]c(Cc2ccc(F)c(F)c2)n1. The predicted molar refractivity (Wildman–Crippen MR) is 62.9 cm³/mol. The zero-order chi connectivity index (χ0) is 13.0. The van der Waals surface area contributed by atoms with Crippen molar-refractivity contribution in [3.8, 4) is 0 Å². The van der Waals surface area contributed by atoms with E-state index in [2.05, 4.69) is 15.2 Å². The van der Waals surface area contributed by atoms with Crippen molar-refractivity contribution in [3.63, 3.8) is 0 Å². The Morgan fingerprint density at radius 1 is 1.22 bits per heavy atom. The molecule has 0 unspecified atom stereocenters. The summed E-state index contributed by atoms with van der Waals surface area (Å²) in [4.78, 5) is 4.26. The van der Waals surface area contributed by atoms with Gasteiger partial charge in [-0.25, -0.2) is 13.8 Å². The molecule has 0 saturated carbocycles. The van der Waals surface area contributed by atoms with Crippen LogP contribution in [-0.4, -0.2) is 21.7 Å². The minimum absolute atomic E-state index is 0.396. The van der Waals surface area contributed by atoms with Crippen LogP contribution < -0.4 is 5.73 Å².